The van der Waals surface area contributed by atoms with Crippen LogP contribution >= 0.6 is 0 Å². The van der Waals surface area contributed by atoms with Crippen molar-refractivity contribution in [2.45, 2.75) is 6.42 Å². The summed E-state index contributed by atoms with van der Waals surface area (Å²) in [7, 11) is 0. The number of esters is 1. The monoisotopic (exact) mass is 279 g/mol. The Kier molecular flexibility index (Phi) is 7.57. The van der Waals surface area contributed by atoms with Crippen LogP contribution in [0.5, 0.6) is 0 Å². The van der Waals surface area contributed by atoms with E-state index in [0.29, 0.717) is 0 Å². The fourth-order valence-corrected chi connectivity index (χ4v) is 1.16. The number of rotatable bonds is 7. The number of allylic oxidation sites excluding steroid dienone is 1. The third-order valence-corrected chi connectivity index (χ3v) is 2.66. The fourth-order valence-electron chi connectivity index (χ4n) is 1.16. The average molecular weight is 279 g/mol. The molecule has 0 aromatic rings. The molecule has 0 saturated heterocycles. The lowest BCUT2D eigenvalue weighted by Crippen LogP contribution is -2.35. The zero-order valence-corrected chi connectivity index (χ0v) is 10.5. The quantitative estimate of drug-likeness (QED) is 0.296. The van der Waals surface area contributed by atoms with Gasteiger partial charge in [-0.3, -0.25) is 0 Å². The topological polar surface area (TPSA) is 158 Å². The van der Waals surface area contributed by atoms with Crippen LogP contribution < -0.4 is 0 Å². The summed E-state index contributed by atoms with van der Waals surface area (Å²) in [6.45, 7) is -1.84. The number of ether oxygens (including phenoxy) is 1. The molecule has 0 heterocycles. The van der Waals surface area contributed by atoms with Gasteiger partial charge in [-0.1, -0.05) is 0 Å². The van der Waals surface area contributed by atoms with E-state index in [1.165, 1.54) is 18.2 Å². The van der Waals surface area contributed by atoms with Crippen molar-refractivity contribution in [3.05, 3.63) is 11.1 Å². The van der Waals surface area contributed by atoms with Gasteiger partial charge in [0.1, 0.15) is 18.2 Å². The van der Waals surface area contributed by atoms with Gasteiger partial charge in [0.25, 0.3) is 0 Å². The van der Waals surface area contributed by atoms with Gasteiger partial charge in [0.15, 0.2) is 11.1 Å². The fraction of sp³-hybridized carbons (Fsp3) is 0.500. The molecular weight excluding hydrogens is 266 g/mol. The number of nitrogens with zero attached hydrogens (tertiary/aromatic N) is 3. The molecule has 20 heavy (non-hydrogen) atoms. The Bertz CT molecular complexity index is 478. The highest BCUT2D eigenvalue weighted by molar-refractivity contribution is 5.95. The van der Waals surface area contributed by atoms with Gasteiger partial charge in [-0.25, -0.2) is 4.79 Å². The molecule has 0 aliphatic carbocycles. The number of carbonyl (C=O) groups excluding carboxylic acids is 1. The van der Waals surface area contributed by atoms with E-state index in [-0.39, 0.29) is 13.0 Å². The molecule has 0 radical (unpaired) electrons. The Labute approximate surface area is 115 Å². The molecule has 0 aliphatic rings. The lowest BCUT2D eigenvalue weighted by molar-refractivity contribution is -0.140. The van der Waals surface area contributed by atoms with Crippen LogP contribution in [0.4, 0.5) is 0 Å². The van der Waals surface area contributed by atoms with E-state index in [1.807, 2.05) is 0 Å². The van der Waals surface area contributed by atoms with Gasteiger partial charge in [-0.15, -0.1) is 0 Å². The molecule has 0 aromatic carbocycles. The molecule has 3 N–H and O–H groups in total. The second kappa shape index (κ2) is 8.63. The Morgan fingerprint density at radius 2 is 1.50 bits per heavy atom. The normalized spacial score (nSPS) is 9.80. The minimum Gasteiger partial charge on any atom is -0.461 e. The van der Waals surface area contributed by atoms with E-state index in [1.54, 1.807) is 0 Å². The molecule has 0 aromatic heterocycles. The van der Waals surface area contributed by atoms with E-state index in [4.69, 9.17) is 31.1 Å². The molecule has 0 fully saturated rings. The Hall–Kier alpha value is -2.44. The number of hydrogen-bond donors (Lipinski definition) is 3. The summed E-state index contributed by atoms with van der Waals surface area (Å²) in [5.74, 6) is -1.15. The van der Waals surface area contributed by atoms with Crippen molar-refractivity contribution in [2.75, 3.05) is 26.4 Å². The highest BCUT2D eigenvalue weighted by Crippen LogP contribution is 2.20. The van der Waals surface area contributed by atoms with E-state index in [0.717, 1.165) is 0 Å². The summed E-state index contributed by atoms with van der Waals surface area (Å²) in [4.78, 5) is 11.5. The summed E-state index contributed by atoms with van der Waals surface area (Å²) in [5, 5.41) is 53.0. The maximum absolute atomic E-state index is 11.5. The maximum atomic E-state index is 11.5. The zero-order valence-electron chi connectivity index (χ0n) is 10.5. The Morgan fingerprint density at radius 3 is 1.85 bits per heavy atom. The minimum atomic E-state index is -1.20. The molecule has 0 unspecified atom stereocenters. The Morgan fingerprint density at radius 1 is 1.00 bits per heavy atom. The minimum absolute atomic E-state index is 0.0462. The molecule has 0 saturated carbocycles. The zero-order chi connectivity index (χ0) is 15.6. The van der Waals surface area contributed by atoms with Crippen molar-refractivity contribution in [3.8, 4) is 18.2 Å². The van der Waals surface area contributed by atoms with Crippen LogP contribution in [0.15, 0.2) is 11.1 Å². The number of carbonyl (C=O) groups is 1. The van der Waals surface area contributed by atoms with Crippen LogP contribution in [0.25, 0.3) is 0 Å². The second-order valence-corrected chi connectivity index (χ2v) is 3.95. The molecule has 0 rings (SSSR count). The molecular formula is C12H13N3O5. The van der Waals surface area contributed by atoms with Gasteiger partial charge in [0.05, 0.1) is 26.4 Å². The summed E-state index contributed by atoms with van der Waals surface area (Å²) < 4.78 is 4.69. The molecule has 8 nitrogen and oxygen atoms in total. The van der Waals surface area contributed by atoms with Crippen molar-refractivity contribution < 1.29 is 24.9 Å². The van der Waals surface area contributed by atoms with Gasteiger partial charge in [0, 0.05) is 5.41 Å². The molecule has 0 aliphatic heterocycles. The first kappa shape index (κ1) is 17.6. The van der Waals surface area contributed by atoms with Crippen molar-refractivity contribution in [2.24, 2.45) is 5.41 Å². The molecule has 0 atom stereocenters. The molecule has 8 heteroatoms. The van der Waals surface area contributed by atoms with Gasteiger partial charge in [-0.2, -0.15) is 15.8 Å². The van der Waals surface area contributed by atoms with Crippen LogP contribution in [-0.2, 0) is 9.53 Å². The van der Waals surface area contributed by atoms with Gasteiger partial charge in [0.2, 0.25) is 0 Å². The Balaban J connectivity index is 4.75. The third-order valence-electron chi connectivity index (χ3n) is 2.66. The van der Waals surface area contributed by atoms with Crippen LogP contribution in [0.3, 0.4) is 0 Å². The first-order valence-electron chi connectivity index (χ1n) is 5.48. The smallest absolute Gasteiger partial charge is 0.351 e. The largest absolute Gasteiger partial charge is 0.461 e. The van der Waals surface area contributed by atoms with E-state index < -0.39 is 42.4 Å². The molecule has 0 bridgehead atoms. The average Bonchev–Trinajstić information content (AvgIpc) is 2.49. The number of hydrogen-bond acceptors (Lipinski definition) is 8. The van der Waals surface area contributed by atoms with Crippen molar-refractivity contribution >= 4 is 5.97 Å². The number of aliphatic hydroxyl groups is 3. The van der Waals surface area contributed by atoms with E-state index >= 15 is 0 Å². The number of aliphatic hydroxyl groups excluding tert-OH is 3. The maximum Gasteiger partial charge on any atom is 0.351 e. The third kappa shape index (κ3) is 4.34. The van der Waals surface area contributed by atoms with Gasteiger partial charge in [-0.05, 0) is 6.42 Å². The first-order valence-corrected chi connectivity index (χ1v) is 5.48. The van der Waals surface area contributed by atoms with Crippen molar-refractivity contribution in [1.82, 2.24) is 0 Å². The predicted octanol–water partition coefficient (Wildman–Crippen LogP) is -1.25. The van der Waals surface area contributed by atoms with Crippen molar-refractivity contribution in [1.29, 1.82) is 15.8 Å². The summed E-state index contributed by atoms with van der Waals surface area (Å²) >= 11 is 0. The van der Waals surface area contributed by atoms with Crippen molar-refractivity contribution in [3.63, 3.8) is 0 Å². The first-order chi connectivity index (χ1) is 9.53. The molecule has 0 spiro atoms. The summed E-state index contributed by atoms with van der Waals surface area (Å²) in [5.41, 5.74) is -2.57. The summed E-state index contributed by atoms with van der Waals surface area (Å²) in [6, 6.07) is 4.20. The van der Waals surface area contributed by atoms with Gasteiger partial charge >= 0.3 is 5.97 Å². The lowest BCUT2D eigenvalue weighted by Gasteiger charge is -2.26. The molecule has 0 amide bonds. The standard InChI is InChI=1S/C12H13N3O5/c13-3-9(4-14)10(5-15)11(19)20-2-1-12(6-16,7-17)8-18/h16-18H,1-2,6-8H2. The number of nitriles is 3. The predicted molar refractivity (Wildman–Crippen MR) is 63.1 cm³/mol. The van der Waals surface area contributed by atoms with Gasteiger partial charge < -0.3 is 20.1 Å². The second-order valence-electron chi connectivity index (χ2n) is 3.95. The van der Waals surface area contributed by atoms with Crippen LogP contribution in [0.1, 0.15) is 6.42 Å². The van der Waals surface area contributed by atoms with Crippen LogP contribution in [-0.4, -0.2) is 47.7 Å². The molecule has 106 valence electrons. The lowest BCUT2D eigenvalue weighted by atomic mass is 9.88. The van der Waals surface area contributed by atoms with E-state index in [9.17, 15) is 4.79 Å². The highest BCUT2D eigenvalue weighted by atomic mass is 16.5. The highest BCUT2D eigenvalue weighted by Gasteiger charge is 2.28. The summed E-state index contributed by atoms with van der Waals surface area (Å²) in [6.07, 6.45) is -0.0462. The SMILES string of the molecule is N#CC(C#N)=C(C#N)C(=O)OCCC(CO)(CO)CO. The van der Waals surface area contributed by atoms with Crippen LogP contribution in [0, 0.1) is 39.4 Å². The van der Waals surface area contributed by atoms with E-state index in [2.05, 4.69) is 4.74 Å². The van der Waals surface area contributed by atoms with Crippen LogP contribution in [0.2, 0.25) is 0 Å².